The van der Waals surface area contributed by atoms with Gasteiger partial charge in [-0.1, -0.05) is 0 Å². The fourth-order valence-electron chi connectivity index (χ4n) is 2.25. The van der Waals surface area contributed by atoms with Gasteiger partial charge in [0.15, 0.2) is 0 Å². The molecule has 1 aromatic rings. The van der Waals surface area contributed by atoms with E-state index >= 15 is 0 Å². The highest BCUT2D eigenvalue weighted by Crippen LogP contribution is 2.24. The van der Waals surface area contributed by atoms with E-state index in [4.69, 9.17) is 5.73 Å². The third-order valence-corrected chi connectivity index (χ3v) is 4.43. The van der Waals surface area contributed by atoms with Crippen molar-refractivity contribution in [3.8, 4) is 0 Å². The van der Waals surface area contributed by atoms with Gasteiger partial charge < -0.3 is 10.6 Å². The van der Waals surface area contributed by atoms with E-state index in [9.17, 15) is 4.21 Å². The summed E-state index contributed by atoms with van der Waals surface area (Å²) in [6, 6.07) is 2.09. The summed E-state index contributed by atoms with van der Waals surface area (Å²) in [4.78, 5) is 6.73. The van der Waals surface area contributed by atoms with Crippen LogP contribution in [0.25, 0.3) is 0 Å². The lowest BCUT2D eigenvalue weighted by atomic mass is 10.1. The van der Waals surface area contributed by atoms with Crippen LogP contribution in [-0.2, 0) is 17.3 Å². The molecule has 2 heterocycles. The molecular weight excluding hydrogens is 234 g/mol. The maximum absolute atomic E-state index is 11.4. The van der Waals surface area contributed by atoms with E-state index < -0.39 is 10.8 Å². The summed E-state index contributed by atoms with van der Waals surface area (Å²) in [6.07, 6.45) is 0. The minimum absolute atomic E-state index is 0.508. The lowest BCUT2D eigenvalue weighted by Gasteiger charge is -2.30. The van der Waals surface area contributed by atoms with Crippen LogP contribution in [0, 0.1) is 13.8 Å². The van der Waals surface area contributed by atoms with Crippen LogP contribution >= 0.6 is 0 Å². The molecule has 0 atom stereocenters. The Morgan fingerprint density at radius 1 is 1.41 bits per heavy atom. The fourth-order valence-corrected chi connectivity index (χ4v) is 3.30. The predicted octanol–water partition coefficient (Wildman–Crippen LogP) is 0.726. The molecule has 1 saturated heterocycles. The molecular formula is C12H19N3OS. The van der Waals surface area contributed by atoms with Gasteiger partial charge in [-0.25, -0.2) is 0 Å². The molecule has 2 N–H and O–H groups in total. The Kier molecular flexibility index (Phi) is 3.79. The Morgan fingerprint density at radius 3 is 2.65 bits per heavy atom. The van der Waals surface area contributed by atoms with Crippen molar-refractivity contribution < 1.29 is 4.21 Å². The van der Waals surface area contributed by atoms with Crippen molar-refractivity contribution in [2.75, 3.05) is 29.5 Å². The second-order valence-corrected chi connectivity index (χ2v) is 6.08. The average molecular weight is 253 g/mol. The summed E-state index contributed by atoms with van der Waals surface area (Å²) in [5.41, 5.74) is 10.1. The van der Waals surface area contributed by atoms with Crippen LogP contribution in [0.1, 0.15) is 17.0 Å². The Bertz CT molecular complexity index is 438. The zero-order chi connectivity index (χ0) is 12.4. The van der Waals surface area contributed by atoms with Gasteiger partial charge in [-0.05, 0) is 19.9 Å². The molecule has 0 unspecified atom stereocenters. The third kappa shape index (κ3) is 2.66. The van der Waals surface area contributed by atoms with Gasteiger partial charge in [-0.2, -0.15) is 0 Å². The number of nitrogens with two attached hydrogens (primary N) is 1. The Hall–Kier alpha value is -0.940. The molecule has 0 spiro atoms. The van der Waals surface area contributed by atoms with Crippen molar-refractivity contribution in [3.05, 3.63) is 23.0 Å². The first-order chi connectivity index (χ1) is 8.11. The molecule has 94 valence electrons. The minimum Gasteiger partial charge on any atom is -0.369 e. The van der Waals surface area contributed by atoms with Gasteiger partial charge in [-0.15, -0.1) is 0 Å². The number of hydrogen-bond donors (Lipinski definition) is 1. The van der Waals surface area contributed by atoms with Crippen molar-refractivity contribution in [1.82, 2.24) is 4.98 Å². The Morgan fingerprint density at radius 2 is 2.06 bits per heavy atom. The predicted molar refractivity (Wildman–Crippen MR) is 71.7 cm³/mol. The second-order valence-electron chi connectivity index (χ2n) is 4.39. The molecule has 1 aromatic heterocycles. The molecule has 17 heavy (non-hydrogen) atoms. The van der Waals surface area contributed by atoms with Gasteiger partial charge in [0.1, 0.15) is 0 Å². The van der Waals surface area contributed by atoms with E-state index in [0.717, 1.165) is 41.5 Å². The highest BCUT2D eigenvalue weighted by atomic mass is 32.2. The first kappa shape index (κ1) is 12.5. The quantitative estimate of drug-likeness (QED) is 0.844. The molecule has 2 rings (SSSR count). The summed E-state index contributed by atoms with van der Waals surface area (Å²) in [5, 5.41) is 0. The lowest BCUT2D eigenvalue weighted by Crippen LogP contribution is -2.38. The highest BCUT2D eigenvalue weighted by molar-refractivity contribution is 7.85. The van der Waals surface area contributed by atoms with Crippen molar-refractivity contribution in [2.45, 2.75) is 20.4 Å². The van der Waals surface area contributed by atoms with E-state index in [0.29, 0.717) is 6.54 Å². The molecule has 0 radical (unpaired) electrons. The standard InChI is InChI=1S/C12H19N3OS/c1-9-7-12(11(8-13)10(2)14-9)15-3-5-17(16)6-4-15/h7H,3-6,8,13H2,1-2H3. The summed E-state index contributed by atoms with van der Waals surface area (Å²) in [5.74, 6) is 1.51. The van der Waals surface area contributed by atoms with Crippen LogP contribution in [0.5, 0.6) is 0 Å². The zero-order valence-electron chi connectivity index (χ0n) is 10.4. The molecule has 0 amide bonds. The smallest absolute Gasteiger partial charge is 0.0448 e. The third-order valence-electron chi connectivity index (χ3n) is 3.16. The van der Waals surface area contributed by atoms with Crippen LogP contribution < -0.4 is 10.6 Å². The number of anilines is 1. The van der Waals surface area contributed by atoms with Gasteiger partial charge in [-0.3, -0.25) is 9.19 Å². The van der Waals surface area contributed by atoms with Crippen LogP contribution in [0.15, 0.2) is 6.07 Å². The topological polar surface area (TPSA) is 59.2 Å². The molecule has 5 heteroatoms. The van der Waals surface area contributed by atoms with Gasteiger partial charge >= 0.3 is 0 Å². The molecule has 0 aromatic carbocycles. The summed E-state index contributed by atoms with van der Waals surface area (Å²) in [7, 11) is -0.642. The number of aryl methyl sites for hydroxylation is 2. The van der Waals surface area contributed by atoms with Gasteiger partial charge in [0.2, 0.25) is 0 Å². The van der Waals surface area contributed by atoms with Crippen molar-refractivity contribution in [3.63, 3.8) is 0 Å². The number of rotatable bonds is 2. The Balaban J connectivity index is 2.33. The van der Waals surface area contributed by atoms with Crippen molar-refractivity contribution in [2.24, 2.45) is 5.73 Å². The second kappa shape index (κ2) is 5.14. The summed E-state index contributed by atoms with van der Waals surface area (Å²) >= 11 is 0. The molecule has 1 fully saturated rings. The van der Waals surface area contributed by atoms with Crippen LogP contribution in [0.3, 0.4) is 0 Å². The molecule has 0 aliphatic carbocycles. The van der Waals surface area contributed by atoms with E-state index in [1.807, 2.05) is 13.8 Å². The molecule has 4 nitrogen and oxygen atoms in total. The number of pyridine rings is 1. The number of nitrogens with zero attached hydrogens (tertiary/aromatic N) is 2. The first-order valence-electron chi connectivity index (χ1n) is 5.89. The fraction of sp³-hybridized carbons (Fsp3) is 0.583. The maximum atomic E-state index is 11.4. The monoisotopic (exact) mass is 253 g/mol. The lowest BCUT2D eigenvalue weighted by molar-refractivity contribution is 0.673. The molecule has 0 bridgehead atoms. The Labute approximate surface area is 105 Å². The summed E-state index contributed by atoms with van der Waals surface area (Å²) in [6.45, 7) is 6.21. The normalized spacial score (nSPS) is 17.5. The van der Waals surface area contributed by atoms with Crippen LogP contribution in [-0.4, -0.2) is 33.8 Å². The maximum Gasteiger partial charge on any atom is 0.0448 e. The van der Waals surface area contributed by atoms with E-state index in [-0.39, 0.29) is 0 Å². The van der Waals surface area contributed by atoms with Gasteiger partial charge in [0.25, 0.3) is 0 Å². The zero-order valence-corrected chi connectivity index (χ0v) is 11.2. The average Bonchev–Trinajstić information content (AvgIpc) is 2.29. The minimum atomic E-state index is -0.642. The van der Waals surface area contributed by atoms with Crippen LogP contribution in [0.4, 0.5) is 5.69 Å². The van der Waals surface area contributed by atoms with Crippen LogP contribution in [0.2, 0.25) is 0 Å². The molecule has 1 aliphatic heterocycles. The SMILES string of the molecule is Cc1cc(N2CCS(=O)CC2)c(CN)c(C)n1. The van der Waals surface area contributed by atoms with E-state index in [1.54, 1.807) is 0 Å². The van der Waals surface area contributed by atoms with Crippen molar-refractivity contribution >= 4 is 16.5 Å². The highest BCUT2D eigenvalue weighted by Gasteiger charge is 2.19. The van der Waals surface area contributed by atoms with Gasteiger partial charge in [0, 0.05) is 64.6 Å². The van der Waals surface area contributed by atoms with Gasteiger partial charge in [0.05, 0.1) is 0 Å². The largest absolute Gasteiger partial charge is 0.369 e. The summed E-state index contributed by atoms with van der Waals surface area (Å²) < 4.78 is 11.4. The number of aromatic nitrogens is 1. The van der Waals surface area contributed by atoms with Crippen molar-refractivity contribution in [1.29, 1.82) is 0 Å². The van der Waals surface area contributed by atoms with E-state index in [1.165, 1.54) is 5.69 Å². The van der Waals surface area contributed by atoms with E-state index in [2.05, 4.69) is 16.0 Å². The number of hydrogen-bond acceptors (Lipinski definition) is 4. The molecule has 0 saturated carbocycles. The first-order valence-corrected chi connectivity index (χ1v) is 7.37. The molecule has 1 aliphatic rings.